The number of aliphatic hydroxyl groups excluding tert-OH is 1. The van der Waals surface area contributed by atoms with Crippen LogP contribution in [-0.2, 0) is 20.7 Å². The van der Waals surface area contributed by atoms with Crippen molar-refractivity contribution in [1.82, 2.24) is 4.90 Å². The average Bonchev–Trinajstić information content (AvgIpc) is 2.82. The van der Waals surface area contributed by atoms with Crippen LogP contribution in [0.4, 0.5) is 0 Å². The summed E-state index contributed by atoms with van der Waals surface area (Å²) in [6.07, 6.45) is -1.32. The molecule has 1 heterocycles. The summed E-state index contributed by atoms with van der Waals surface area (Å²) in [6.45, 7) is 0.480. The van der Waals surface area contributed by atoms with Crippen LogP contribution in [0.1, 0.15) is 5.56 Å². The van der Waals surface area contributed by atoms with Crippen LogP contribution in [-0.4, -0.2) is 66.0 Å². The van der Waals surface area contributed by atoms with E-state index in [4.69, 9.17) is 14.6 Å². The maximum atomic E-state index is 11.7. The Bertz CT molecular complexity index is 529. The molecule has 22 heavy (non-hydrogen) atoms. The standard InChI is InChI=1S/C15H19NO6/c1-21-9-14(18)16-7-12(17)13(8-16)22-11-4-2-10(3-5-11)6-15(19)20/h2-5,12-13,17H,6-9H2,1H3,(H,19,20)/t12-,13-/m1/s1. The van der Waals surface area contributed by atoms with Gasteiger partial charge in [0, 0.05) is 7.11 Å². The van der Waals surface area contributed by atoms with Crippen molar-refractivity contribution in [2.45, 2.75) is 18.6 Å². The van der Waals surface area contributed by atoms with E-state index >= 15 is 0 Å². The largest absolute Gasteiger partial charge is 0.486 e. The number of carbonyl (C=O) groups excluding carboxylic acids is 1. The van der Waals surface area contributed by atoms with Gasteiger partial charge in [-0.05, 0) is 17.7 Å². The van der Waals surface area contributed by atoms with Gasteiger partial charge in [-0.3, -0.25) is 9.59 Å². The van der Waals surface area contributed by atoms with Gasteiger partial charge in [0.25, 0.3) is 0 Å². The van der Waals surface area contributed by atoms with E-state index in [-0.39, 0.29) is 25.5 Å². The Morgan fingerprint density at radius 1 is 1.27 bits per heavy atom. The number of aliphatic hydroxyl groups is 1. The van der Waals surface area contributed by atoms with Crippen molar-refractivity contribution in [3.8, 4) is 5.75 Å². The van der Waals surface area contributed by atoms with E-state index in [1.807, 2.05) is 0 Å². The van der Waals surface area contributed by atoms with Crippen LogP contribution in [0.2, 0.25) is 0 Å². The number of aliphatic carboxylic acids is 1. The number of ether oxygens (including phenoxy) is 2. The summed E-state index contributed by atoms with van der Waals surface area (Å²) < 4.78 is 10.5. The summed E-state index contributed by atoms with van der Waals surface area (Å²) in [5.41, 5.74) is 0.670. The van der Waals surface area contributed by atoms with Crippen molar-refractivity contribution in [2.24, 2.45) is 0 Å². The number of methoxy groups -OCH3 is 1. The zero-order valence-corrected chi connectivity index (χ0v) is 12.3. The highest BCUT2D eigenvalue weighted by Crippen LogP contribution is 2.20. The summed E-state index contributed by atoms with van der Waals surface area (Å²) in [4.78, 5) is 23.8. The lowest BCUT2D eigenvalue weighted by molar-refractivity contribution is -0.136. The summed E-state index contributed by atoms with van der Waals surface area (Å²) in [7, 11) is 1.44. The molecule has 0 aromatic heterocycles. The zero-order valence-electron chi connectivity index (χ0n) is 12.3. The molecule has 2 rings (SSSR count). The summed E-state index contributed by atoms with van der Waals surface area (Å²) in [5.74, 6) is -0.559. The average molecular weight is 309 g/mol. The molecular weight excluding hydrogens is 290 g/mol. The Hall–Kier alpha value is -2.12. The number of carboxylic acids is 1. The first-order valence-corrected chi connectivity index (χ1v) is 6.91. The highest BCUT2D eigenvalue weighted by Gasteiger charge is 2.35. The van der Waals surface area contributed by atoms with Gasteiger partial charge in [0.1, 0.15) is 24.6 Å². The highest BCUT2D eigenvalue weighted by molar-refractivity contribution is 5.77. The fourth-order valence-corrected chi connectivity index (χ4v) is 2.33. The predicted molar refractivity (Wildman–Crippen MR) is 76.7 cm³/mol. The summed E-state index contributed by atoms with van der Waals surface area (Å²) in [6, 6.07) is 6.65. The van der Waals surface area contributed by atoms with E-state index in [1.165, 1.54) is 12.0 Å². The quantitative estimate of drug-likeness (QED) is 0.762. The second kappa shape index (κ2) is 7.24. The van der Waals surface area contributed by atoms with Crippen LogP contribution in [0.5, 0.6) is 5.75 Å². The van der Waals surface area contributed by atoms with Crippen LogP contribution >= 0.6 is 0 Å². The number of likely N-dealkylation sites (tertiary alicyclic amines) is 1. The number of amides is 1. The molecular formula is C15H19NO6. The van der Waals surface area contributed by atoms with E-state index in [0.29, 0.717) is 17.9 Å². The molecule has 1 aliphatic rings. The third-order valence-corrected chi connectivity index (χ3v) is 3.42. The lowest BCUT2D eigenvalue weighted by Gasteiger charge is -2.17. The Morgan fingerprint density at radius 2 is 1.95 bits per heavy atom. The van der Waals surface area contributed by atoms with Gasteiger partial charge in [-0.2, -0.15) is 0 Å². The van der Waals surface area contributed by atoms with Crippen molar-refractivity contribution in [3.05, 3.63) is 29.8 Å². The molecule has 0 spiro atoms. The molecule has 120 valence electrons. The van der Waals surface area contributed by atoms with Gasteiger partial charge in [0.15, 0.2) is 0 Å². The highest BCUT2D eigenvalue weighted by atomic mass is 16.5. The van der Waals surface area contributed by atoms with Crippen molar-refractivity contribution in [3.63, 3.8) is 0 Å². The minimum absolute atomic E-state index is 0.0245. The number of rotatable bonds is 6. The molecule has 7 nitrogen and oxygen atoms in total. The fraction of sp³-hybridized carbons (Fsp3) is 0.467. The second-order valence-electron chi connectivity index (χ2n) is 5.17. The van der Waals surface area contributed by atoms with Crippen molar-refractivity contribution < 1.29 is 29.3 Å². The number of carbonyl (C=O) groups is 2. The van der Waals surface area contributed by atoms with Crippen molar-refractivity contribution in [2.75, 3.05) is 26.8 Å². The van der Waals surface area contributed by atoms with Gasteiger partial charge in [0.05, 0.1) is 19.5 Å². The van der Waals surface area contributed by atoms with Gasteiger partial charge < -0.3 is 24.6 Å². The van der Waals surface area contributed by atoms with Crippen molar-refractivity contribution in [1.29, 1.82) is 0 Å². The topological polar surface area (TPSA) is 96.3 Å². The van der Waals surface area contributed by atoms with Crippen LogP contribution in [0.15, 0.2) is 24.3 Å². The third kappa shape index (κ3) is 4.19. The molecule has 0 bridgehead atoms. The summed E-state index contributed by atoms with van der Waals surface area (Å²) >= 11 is 0. The SMILES string of the molecule is COCC(=O)N1C[C@@H](O)[C@H](Oc2ccc(CC(=O)O)cc2)C1. The first-order chi connectivity index (χ1) is 10.5. The molecule has 2 atom stereocenters. The van der Waals surface area contributed by atoms with Crippen LogP contribution in [0.25, 0.3) is 0 Å². The lowest BCUT2D eigenvalue weighted by atomic mass is 10.1. The van der Waals surface area contributed by atoms with E-state index < -0.39 is 18.2 Å². The fourth-order valence-electron chi connectivity index (χ4n) is 2.33. The molecule has 0 saturated carbocycles. The normalized spacial score (nSPS) is 20.9. The zero-order chi connectivity index (χ0) is 16.1. The Balaban J connectivity index is 1.93. The van der Waals surface area contributed by atoms with Crippen molar-refractivity contribution >= 4 is 11.9 Å². The number of benzene rings is 1. The number of carboxylic acid groups (broad SMARTS) is 1. The minimum Gasteiger partial charge on any atom is -0.486 e. The molecule has 1 aromatic rings. The number of β-amino-alcohol motifs (C(OH)–C–C–N with tert-alkyl or cyclic N) is 1. The molecule has 1 fully saturated rings. The molecule has 2 N–H and O–H groups in total. The molecule has 1 saturated heterocycles. The molecule has 0 aliphatic carbocycles. The molecule has 0 radical (unpaired) electrons. The smallest absolute Gasteiger partial charge is 0.307 e. The lowest BCUT2D eigenvalue weighted by Crippen LogP contribution is -2.33. The monoisotopic (exact) mass is 309 g/mol. The Kier molecular flexibility index (Phi) is 5.35. The second-order valence-corrected chi connectivity index (χ2v) is 5.17. The Labute approximate surface area is 128 Å². The molecule has 1 aromatic carbocycles. The van der Waals surface area contributed by atoms with Gasteiger partial charge in [-0.1, -0.05) is 12.1 Å². The maximum absolute atomic E-state index is 11.7. The maximum Gasteiger partial charge on any atom is 0.307 e. The van der Waals surface area contributed by atoms with Crippen LogP contribution < -0.4 is 4.74 Å². The minimum atomic E-state index is -0.896. The molecule has 1 amide bonds. The number of hydrogen-bond donors (Lipinski definition) is 2. The van der Waals surface area contributed by atoms with Crippen LogP contribution in [0.3, 0.4) is 0 Å². The van der Waals surface area contributed by atoms with Gasteiger partial charge in [0.2, 0.25) is 5.91 Å². The van der Waals surface area contributed by atoms with E-state index in [0.717, 1.165) is 0 Å². The first-order valence-electron chi connectivity index (χ1n) is 6.91. The number of nitrogens with zero attached hydrogens (tertiary/aromatic N) is 1. The summed E-state index contributed by atoms with van der Waals surface area (Å²) in [5, 5.41) is 18.7. The third-order valence-electron chi connectivity index (χ3n) is 3.42. The van der Waals surface area contributed by atoms with Crippen LogP contribution in [0, 0.1) is 0 Å². The van der Waals surface area contributed by atoms with E-state index in [2.05, 4.69) is 0 Å². The van der Waals surface area contributed by atoms with Gasteiger partial charge >= 0.3 is 5.97 Å². The van der Waals surface area contributed by atoms with E-state index in [1.54, 1.807) is 24.3 Å². The first kappa shape index (κ1) is 16.3. The number of hydrogen-bond acceptors (Lipinski definition) is 5. The van der Waals surface area contributed by atoms with Gasteiger partial charge in [-0.25, -0.2) is 0 Å². The van der Waals surface area contributed by atoms with E-state index in [9.17, 15) is 14.7 Å². The molecule has 7 heteroatoms. The molecule has 0 unspecified atom stereocenters. The van der Waals surface area contributed by atoms with Gasteiger partial charge in [-0.15, -0.1) is 0 Å². The Morgan fingerprint density at radius 3 is 2.55 bits per heavy atom. The molecule has 1 aliphatic heterocycles. The predicted octanol–water partition coefficient (Wildman–Crippen LogP) is -0.0894.